The molecule has 0 fully saturated rings. The molecule has 2 amide bonds. The summed E-state index contributed by atoms with van der Waals surface area (Å²) in [5, 5.41) is 3.02. The van der Waals surface area contributed by atoms with Crippen LogP contribution in [0.25, 0.3) is 0 Å². The van der Waals surface area contributed by atoms with E-state index >= 15 is 0 Å². The van der Waals surface area contributed by atoms with Crippen LogP contribution in [0.15, 0.2) is 72.8 Å². The summed E-state index contributed by atoms with van der Waals surface area (Å²) in [5.41, 5.74) is 2.36. The number of ether oxygens (including phenoxy) is 2. The summed E-state index contributed by atoms with van der Waals surface area (Å²) in [6, 6.07) is 22.0. The van der Waals surface area contributed by atoms with Gasteiger partial charge in [-0.25, -0.2) is 0 Å². The minimum atomic E-state index is -0.664. The Kier molecular flexibility index (Phi) is 9.54. The molecule has 0 bridgehead atoms. The highest BCUT2D eigenvalue weighted by Crippen LogP contribution is 2.25. The van der Waals surface area contributed by atoms with Crippen molar-refractivity contribution in [2.75, 3.05) is 14.2 Å². The van der Waals surface area contributed by atoms with Crippen LogP contribution in [0.3, 0.4) is 0 Å². The van der Waals surface area contributed by atoms with Crippen LogP contribution in [0, 0.1) is 9.49 Å². The number of nitrogens with zero attached hydrogens (tertiary/aromatic N) is 1. The molecule has 1 atom stereocenters. The number of carbonyl (C=O) groups is 2. The number of benzene rings is 3. The molecule has 7 heteroatoms. The van der Waals surface area contributed by atoms with Gasteiger partial charge in [0.1, 0.15) is 17.5 Å². The third-order valence-electron chi connectivity index (χ3n) is 5.74. The number of amides is 2. The Labute approximate surface area is 220 Å². The van der Waals surface area contributed by atoms with Crippen molar-refractivity contribution in [2.24, 2.45) is 5.92 Å². The maximum atomic E-state index is 13.8. The smallest absolute Gasteiger partial charge is 0.255 e. The summed E-state index contributed by atoms with van der Waals surface area (Å²) in [4.78, 5) is 29.0. The molecule has 1 N–H and O–H groups in total. The predicted molar refractivity (Wildman–Crippen MR) is 145 cm³/mol. The van der Waals surface area contributed by atoms with Gasteiger partial charge in [-0.1, -0.05) is 56.3 Å². The number of carbonyl (C=O) groups excluding carboxylic acids is 2. The molecule has 3 rings (SSSR count). The quantitative estimate of drug-likeness (QED) is 0.328. The van der Waals surface area contributed by atoms with Gasteiger partial charge in [0.2, 0.25) is 5.91 Å². The monoisotopic (exact) mass is 586 g/mol. The lowest BCUT2D eigenvalue weighted by Crippen LogP contribution is -2.52. The van der Waals surface area contributed by atoms with Crippen molar-refractivity contribution in [2.45, 2.75) is 33.0 Å². The molecule has 0 aromatic heterocycles. The molecule has 0 spiro atoms. The minimum Gasteiger partial charge on any atom is -0.497 e. The Morgan fingerprint density at radius 1 is 0.943 bits per heavy atom. The van der Waals surface area contributed by atoms with Crippen LogP contribution in [-0.4, -0.2) is 37.0 Å². The molecule has 0 aliphatic heterocycles. The van der Waals surface area contributed by atoms with Crippen LogP contribution in [0.5, 0.6) is 11.5 Å². The number of hydrogen-bond acceptors (Lipinski definition) is 4. The normalized spacial score (nSPS) is 11.6. The summed E-state index contributed by atoms with van der Waals surface area (Å²) >= 11 is 2.16. The Hall–Kier alpha value is -3.07. The molecule has 184 valence electrons. The lowest BCUT2D eigenvalue weighted by atomic mass is 9.99. The van der Waals surface area contributed by atoms with Gasteiger partial charge in [-0.2, -0.15) is 0 Å². The molecule has 3 aromatic carbocycles. The highest BCUT2D eigenvalue weighted by Gasteiger charge is 2.33. The van der Waals surface area contributed by atoms with E-state index in [0.717, 1.165) is 14.7 Å². The number of hydrogen-bond donors (Lipinski definition) is 1. The number of nitrogens with one attached hydrogen (secondary N) is 1. The zero-order valence-electron chi connectivity index (χ0n) is 20.5. The van der Waals surface area contributed by atoms with E-state index in [0.29, 0.717) is 23.6 Å². The molecule has 0 saturated heterocycles. The van der Waals surface area contributed by atoms with Gasteiger partial charge in [0.05, 0.1) is 19.8 Å². The van der Waals surface area contributed by atoms with Crippen molar-refractivity contribution >= 4 is 34.4 Å². The van der Waals surface area contributed by atoms with E-state index in [4.69, 9.17) is 9.47 Å². The van der Waals surface area contributed by atoms with Crippen molar-refractivity contribution in [1.82, 2.24) is 10.2 Å². The van der Waals surface area contributed by atoms with Gasteiger partial charge in [0.25, 0.3) is 5.91 Å². The zero-order chi connectivity index (χ0) is 25.4. The molecule has 0 aliphatic carbocycles. The first-order valence-electron chi connectivity index (χ1n) is 11.4. The molecule has 0 radical (unpaired) electrons. The maximum absolute atomic E-state index is 13.8. The van der Waals surface area contributed by atoms with Crippen molar-refractivity contribution in [1.29, 1.82) is 0 Å². The van der Waals surface area contributed by atoms with Crippen LogP contribution in [0.2, 0.25) is 0 Å². The highest BCUT2D eigenvalue weighted by molar-refractivity contribution is 14.1. The zero-order valence-corrected chi connectivity index (χ0v) is 22.6. The fraction of sp³-hybridized carbons (Fsp3) is 0.286. The summed E-state index contributed by atoms with van der Waals surface area (Å²) < 4.78 is 11.6. The van der Waals surface area contributed by atoms with Gasteiger partial charge in [0.15, 0.2) is 0 Å². The van der Waals surface area contributed by atoms with Crippen LogP contribution in [0.4, 0.5) is 0 Å². The fourth-order valence-electron chi connectivity index (χ4n) is 3.95. The first-order valence-corrected chi connectivity index (χ1v) is 12.5. The first kappa shape index (κ1) is 26.5. The van der Waals surface area contributed by atoms with E-state index < -0.39 is 6.04 Å². The van der Waals surface area contributed by atoms with E-state index in [1.165, 1.54) is 0 Å². The summed E-state index contributed by atoms with van der Waals surface area (Å²) in [5.74, 6) is 0.806. The van der Waals surface area contributed by atoms with Gasteiger partial charge in [0, 0.05) is 28.3 Å². The minimum absolute atomic E-state index is 0.109. The molecule has 6 nitrogen and oxygen atoms in total. The summed E-state index contributed by atoms with van der Waals surface area (Å²) in [6.45, 7) is 4.51. The lowest BCUT2D eigenvalue weighted by molar-refractivity contribution is -0.127. The SMILES string of the molecule is COc1ccc(CNC(=O)C(C(C)C)N(Cc2ccccc2)C(=O)c2ccccc2I)c(OC)c1. The molecule has 0 aliphatic rings. The molecule has 1 unspecified atom stereocenters. The number of methoxy groups -OCH3 is 2. The van der Waals surface area contributed by atoms with Crippen molar-refractivity contribution in [3.05, 3.63) is 93.1 Å². The van der Waals surface area contributed by atoms with Gasteiger partial charge < -0.3 is 19.7 Å². The third-order valence-corrected chi connectivity index (χ3v) is 6.68. The van der Waals surface area contributed by atoms with E-state index in [-0.39, 0.29) is 24.3 Å². The second-order valence-electron chi connectivity index (χ2n) is 8.48. The van der Waals surface area contributed by atoms with Crippen molar-refractivity contribution in [3.8, 4) is 11.5 Å². The van der Waals surface area contributed by atoms with E-state index in [1.54, 1.807) is 31.3 Å². The Balaban J connectivity index is 1.90. The number of rotatable bonds is 10. The van der Waals surface area contributed by atoms with Gasteiger partial charge in [-0.3, -0.25) is 9.59 Å². The molecule has 0 heterocycles. The first-order chi connectivity index (χ1) is 16.8. The largest absolute Gasteiger partial charge is 0.497 e. The van der Waals surface area contributed by atoms with Crippen LogP contribution in [-0.2, 0) is 17.9 Å². The predicted octanol–water partition coefficient (Wildman–Crippen LogP) is 5.29. The van der Waals surface area contributed by atoms with Crippen LogP contribution in [0.1, 0.15) is 35.3 Å². The molecule has 0 saturated carbocycles. The summed E-state index contributed by atoms with van der Waals surface area (Å²) in [7, 11) is 3.18. The van der Waals surface area contributed by atoms with Crippen LogP contribution >= 0.6 is 22.6 Å². The average molecular weight is 586 g/mol. The van der Waals surface area contributed by atoms with E-state index in [2.05, 4.69) is 27.9 Å². The molecule has 35 heavy (non-hydrogen) atoms. The lowest BCUT2D eigenvalue weighted by Gasteiger charge is -2.34. The third kappa shape index (κ3) is 6.75. The van der Waals surface area contributed by atoms with Crippen molar-refractivity contribution < 1.29 is 19.1 Å². The topological polar surface area (TPSA) is 67.9 Å². The molecular formula is C28H31IN2O4. The average Bonchev–Trinajstić information content (AvgIpc) is 2.87. The molecular weight excluding hydrogens is 555 g/mol. The van der Waals surface area contributed by atoms with Gasteiger partial charge in [-0.05, 0) is 58.3 Å². The number of halogens is 1. The Bertz CT molecular complexity index is 1150. The van der Waals surface area contributed by atoms with Crippen LogP contribution < -0.4 is 14.8 Å². The Morgan fingerprint density at radius 3 is 2.26 bits per heavy atom. The van der Waals surface area contributed by atoms with E-state index in [1.807, 2.05) is 74.5 Å². The second-order valence-corrected chi connectivity index (χ2v) is 9.65. The van der Waals surface area contributed by atoms with E-state index in [9.17, 15) is 9.59 Å². The summed E-state index contributed by atoms with van der Waals surface area (Å²) in [6.07, 6.45) is 0. The Morgan fingerprint density at radius 2 is 1.63 bits per heavy atom. The maximum Gasteiger partial charge on any atom is 0.255 e. The fourth-order valence-corrected chi connectivity index (χ4v) is 4.57. The van der Waals surface area contributed by atoms with Gasteiger partial charge in [-0.15, -0.1) is 0 Å². The second kappa shape index (κ2) is 12.6. The van der Waals surface area contributed by atoms with Gasteiger partial charge >= 0.3 is 0 Å². The van der Waals surface area contributed by atoms with Crippen molar-refractivity contribution in [3.63, 3.8) is 0 Å². The standard InChI is InChI=1S/C28H31IN2O4/c1-19(2)26(27(32)30-17-21-14-15-22(34-3)16-25(21)35-4)31(18-20-10-6-5-7-11-20)28(33)23-12-8-9-13-24(23)29/h5-16,19,26H,17-18H2,1-4H3,(H,30,32). The molecule has 3 aromatic rings. The highest BCUT2D eigenvalue weighted by atomic mass is 127.